The highest BCUT2D eigenvalue weighted by Gasteiger charge is 2.15. The lowest BCUT2D eigenvalue weighted by molar-refractivity contribution is -0.121. The minimum atomic E-state index is -0.485. The molecule has 20 heavy (non-hydrogen) atoms. The minimum absolute atomic E-state index is 0.131. The van der Waals surface area contributed by atoms with Crippen LogP contribution in [0.3, 0.4) is 0 Å². The third kappa shape index (κ3) is 3.98. The Morgan fingerprint density at radius 2 is 2.35 bits per heavy atom. The minimum Gasteiger partial charge on any atom is -0.463 e. The molecule has 1 atom stereocenters. The van der Waals surface area contributed by atoms with Gasteiger partial charge in [-0.1, -0.05) is 12.5 Å². The SMILES string of the molecule is COC(=O)c1ccc(C=CCC2CCCCC(=O)N2)o1. The van der Waals surface area contributed by atoms with Crippen molar-refractivity contribution in [3.8, 4) is 0 Å². The van der Waals surface area contributed by atoms with Crippen LogP contribution in [-0.4, -0.2) is 25.0 Å². The predicted molar refractivity (Wildman–Crippen MR) is 74.1 cm³/mol. The van der Waals surface area contributed by atoms with Gasteiger partial charge in [0.25, 0.3) is 0 Å². The summed E-state index contributed by atoms with van der Waals surface area (Å²) >= 11 is 0. The quantitative estimate of drug-likeness (QED) is 0.859. The first-order valence-electron chi connectivity index (χ1n) is 6.83. The van der Waals surface area contributed by atoms with Crippen LogP contribution in [0, 0.1) is 0 Å². The van der Waals surface area contributed by atoms with E-state index in [4.69, 9.17) is 4.42 Å². The monoisotopic (exact) mass is 277 g/mol. The maximum atomic E-state index is 11.4. The van der Waals surface area contributed by atoms with Crippen LogP contribution in [0.25, 0.3) is 6.08 Å². The van der Waals surface area contributed by atoms with Crippen LogP contribution >= 0.6 is 0 Å². The molecule has 1 unspecified atom stereocenters. The van der Waals surface area contributed by atoms with E-state index in [1.165, 1.54) is 7.11 Å². The summed E-state index contributed by atoms with van der Waals surface area (Å²) in [6, 6.07) is 3.49. The molecule has 0 radical (unpaired) electrons. The number of carbonyl (C=O) groups excluding carboxylic acids is 2. The fraction of sp³-hybridized carbons (Fsp3) is 0.467. The number of methoxy groups -OCH3 is 1. The lowest BCUT2D eigenvalue weighted by Gasteiger charge is -2.12. The fourth-order valence-electron chi connectivity index (χ4n) is 2.23. The molecule has 108 valence electrons. The van der Waals surface area contributed by atoms with Gasteiger partial charge in [0.1, 0.15) is 5.76 Å². The fourth-order valence-corrected chi connectivity index (χ4v) is 2.23. The summed E-state index contributed by atoms with van der Waals surface area (Å²) < 4.78 is 9.89. The highest BCUT2D eigenvalue weighted by molar-refractivity contribution is 5.86. The van der Waals surface area contributed by atoms with E-state index in [1.54, 1.807) is 12.1 Å². The number of esters is 1. The van der Waals surface area contributed by atoms with Crippen molar-refractivity contribution in [2.45, 2.75) is 38.1 Å². The molecule has 0 aliphatic carbocycles. The first-order chi connectivity index (χ1) is 9.69. The lowest BCUT2D eigenvalue weighted by atomic mass is 10.1. The highest BCUT2D eigenvalue weighted by atomic mass is 16.5. The Kier molecular flexibility index (Phi) is 4.98. The number of furan rings is 1. The Morgan fingerprint density at radius 1 is 1.50 bits per heavy atom. The molecule has 0 bridgehead atoms. The molecular formula is C15H19NO4. The molecule has 0 saturated carbocycles. The van der Waals surface area contributed by atoms with E-state index in [-0.39, 0.29) is 17.7 Å². The summed E-state index contributed by atoms with van der Waals surface area (Å²) in [6.07, 6.45) is 8.19. The largest absolute Gasteiger partial charge is 0.463 e. The predicted octanol–water partition coefficient (Wildman–Crippen LogP) is 2.53. The van der Waals surface area contributed by atoms with Crippen LogP contribution in [0.2, 0.25) is 0 Å². The summed E-state index contributed by atoms with van der Waals surface area (Å²) in [6.45, 7) is 0. The van der Waals surface area contributed by atoms with Crippen molar-refractivity contribution in [1.82, 2.24) is 5.32 Å². The van der Waals surface area contributed by atoms with Gasteiger partial charge >= 0.3 is 5.97 Å². The molecule has 1 aliphatic heterocycles. The number of amides is 1. The van der Waals surface area contributed by atoms with Gasteiger partial charge in [-0.25, -0.2) is 4.79 Å². The molecule has 2 rings (SSSR count). The summed E-state index contributed by atoms with van der Waals surface area (Å²) in [5.41, 5.74) is 0. The molecule has 5 nitrogen and oxygen atoms in total. The van der Waals surface area contributed by atoms with E-state index >= 15 is 0 Å². The smallest absolute Gasteiger partial charge is 0.373 e. The maximum Gasteiger partial charge on any atom is 0.373 e. The van der Waals surface area contributed by atoms with Crippen molar-refractivity contribution in [3.63, 3.8) is 0 Å². The zero-order valence-corrected chi connectivity index (χ0v) is 11.6. The van der Waals surface area contributed by atoms with Crippen molar-refractivity contribution in [2.24, 2.45) is 0 Å². The zero-order valence-electron chi connectivity index (χ0n) is 11.6. The van der Waals surface area contributed by atoms with Gasteiger partial charge in [0, 0.05) is 12.5 Å². The molecule has 1 fully saturated rings. The Bertz CT molecular complexity index is 504. The van der Waals surface area contributed by atoms with Crippen LogP contribution in [0.5, 0.6) is 0 Å². The molecule has 1 aromatic rings. The number of nitrogens with one attached hydrogen (secondary N) is 1. The normalized spacial score (nSPS) is 19.6. The van der Waals surface area contributed by atoms with E-state index in [2.05, 4.69) is 10.1 Å². The van der Waals surface area contributed by atoms with Gasteiger partial charge in [0.05, 0.1) is 7.11 Å². The highest BCUT2D eigenvalue weighted by Crippen LogP contribution is 2.14. The van der Waals surface area contributed by atoms with Gasteiger partial charge in [-0.2, -0.15) is 0 Å². The van der Waals surface area contributed by atoms with E-state index in [0.717, 1.165) is 25.7 Å². The first-order valence-corrected chi connectivity index (χ1v) is 6.83. The second kappa shape index (κ2) is 6.93. The summed E-state index contributed by atoms with van der Waals surface area (Å²) in [5, 5.41) is 3.00. The van der Waals surface area contributed by atoms with Gasteiger partial charge in [0.15, 0.2) is 0 Å². The molecular weight excluding hydrogens is 258 g/mol. The summed E-state index contributed by atoms with van der Waals surface area (Å²) in [7, 11) is 1.31. The molecule has 1 saturated heterocycles. The number of rotatable bonds is 4. The molecule has 0 aromatic carbocycles. The van der Waals surface area contributed by atoms with Crippen molar-refractivity contribution < 1.29 is 18.7 Å². The molecule has 1 aromatic heterocycles. The van der Waals surface area contributed by atoms with Gasteiger partial charge in [0.2, 0.25) is 11.7 Å². The Hall–Kier alpha value is -2.04. The second-order valence-electron chi connectivity index (χ2n) is 4.84. The third-order valence-electron chi connectivity index (χ3n) is 3.29. The number of ether oxygens (including phenoxy) is 1. The van der Waals surface area contributed by atoms with Crippen molar-refractivity contribution >= 4 is 18.0 Å². The van der Waals surface area contributed by atoms with E-state index in [0.29, 0.717) is 12.2 Å². The van der Waals surface area contributed by atoms with Crippen molar-refractivity contribution in [1.29, 1.82) is 0 Å². The Morgan fingerprint density at radius 3 is 3.15 bits per heavy atom. The van der Waals surface area contributed by atoms with Crippen LogP contribution in [0.15, 0.2) is 22.6 Å². The molecule has 2 heterocycles. The Labute approximate surface area is 118 Å². The number of hydrogen-bond donors (Lipinski definition) is 1. The Balaban J connectivity index is 1.87. The van der Waals surface area contributed by atoms with Gasteiger partial charge in [-0.3, -0.25) is 4.79 Å². The molecule has 5 heteroatoms. The summed E-state index contributed by atoms with van der Waals surface area (Å²) in [5.74, 6) is 0.438. The zero-order chi connectivity index (χ0) is 14.4. The average Bonchev–Trinajstić information content (AvgIpc) is 2.81. The van der Waals surface area contributed by atoms with Crippen LogP contribution in [0.4, 0.5) is 0 Å². The van der Waals surface area contributed by atoms with Gasteiger partial charge in [-0.05, 0) is 37.5 Å². The second-order valence-corrected chi connectivity index (χ2v) is 4.84. The maximum absolute atomic E-state index is 11.4. The number of hydrogen-bond acceptors (Lipinski definition) is 4. The van der Waals surface area contributed by atoms with Crippen LogP contribution < -0.4 is 5.32 Å². The molecule has 1 N–H and O–H groups in total. The molecule has 1 aliphatic rings. The first kappa shape index (κ1) is 14.4. The molecule has 0 spiro atoms. The summed E-state index contributed by atoms with van der Waals surface area (Å²) in [4.78, 5) is 22.7. The van der Waals surface area contributed by atoms with Crippen molar-refractivity contribution in [3.05, 3.63) is 29.7 Å². The van der Waals surface area contributed by atoms with Crippen LogP contribution in [0.1, 0.15) is 48.4 Å². The molecule has 1 amide bonds. The number of carbonyl (C=O) groups is 2. The van der Waals surface area contributed by atoms with Crippen LogP contribution in [-0.2, 0) is 9.53 Å². The van der Waals surface area contributed by atoms with Gasteiger partial charge < -0.3 is 14.5 Å². The topological polar surface area (TPSA) is 68.5 Å². The average molecular weight is 277 g/mol. The van der Waals surface area contributed by atoms with Crippen molar-refractivity contribution in [2.75, 3.05) is 7.11 Å². The van der Waals surface area contributed by atoms with E-state index in [1.807, 2.05) is 12.2 Å². The van der Waals surface area contributed by atoms with E-state index in [9.17, 15) is 9.59 Å². The van der Waals surface area contributed by atoms with Gasteiger partial charge in [-0.15, -0.1) is 0 Å². The van der Waals surface area contributed by atoms with E-state index < -0.39 is 5.97 Å². The standard InChI is InChI=1S/C15H19NO4/c1-19-15(18)13-10-9-12(20-13)7-4-6-11-5-2-3-8-14(17)16-11/h4,7,9-11H,2-3,5-6,8H2,1H3,(H,16,17). The third-order valence-corrected chi connectivity index (χ3v) is 3.29. The lowest BCUT2D eigenvalue weighted by Crippen LogP contribution is -2.32.